The summed E-state index contributed by atoms with van der Waals surface area (Å²) in [5, 5.41) is 14.0. The lowest BCUT2D eigenvalue weighted by Crippen LogP contribution is -2.35. The molecule has 0 bridgehead atoms. The molecule has 0 aliphatic carbocycles. The number of benzene rings is 2. The highest BCUT2D eigenvalue weighted by molar-refractivity contribution is 6.03. The van der Waals surface area contributed by atoms with E-state index in [-0.39, 0.29) is 24.8 Å². The van der Waals surface area contributed by atoms with Gasteiger partial charge in [-0.05, 0) is 18.9 Å². The van der Waals surface area contributed by atoms with Crippen LogP contribution in [-0.2, 0) is 16.1 Å². The number of hydrogen-bond donors (Lipinski definition) is 1. The Bertz CT molecular complexity index is 1150. The summed E-state index contributed by atoms with van der Waals surface area (Å²) < 4.78 is 6.75. The lowest BCUT2D eigenvalue weighted by molar-refractivity contribution is -0.140. The fourth-order valence-electron chi connectivity index (χ4n) is 3.79. The third-order valence-electron chi connectivity index (χ3n) is 5.34. The smallest absolute Gasteiger partial charge is 0.360 e. The first kappa shape index (κ1) is 20.7. The van der Waals surface area contributed by atoms with E-state index in [9.17, 15) is 19.5 Å². The highest BCUT2D eigenvalue weighted by Crippen LogP contribution is 2.25. The molecule has 1 atom stereocenters. The fourth-order valence-corrected chi connectivity index (χ4v) is 3.79. The van der Waals surface area contributed by atoms with E-state index in [4.69, 9.17) is 4.74 Å². The molecule has 0 radical (unpaired) electrons. The number of likely N-dealkylation sites (tertiary alicyclic amines) is 1. The van der Waals surface area contributed by atoms with Gasteiger partial charge in [0.05, 0.1) is 18.5 Å². The summed E-state index contributed by atoms with van der Waals surface area (Å²) in [7, 11) is 0. The summed E-state index contributed by atoms with van der Waals surface area (Å²) in [5.74, 6) is -1.07. The molecule has 3 aromatic rings. The average Bonchev–Trinajstić information content (AvgIpc) is 3.34. The van der Waals surface area contributed by atoms with Crippen molar-refractivity contribution in [2.45, 2.75) is 25.5 Å². The molecule has 8 heteroatoms. The number of carbonyl (C=O) groups excluding carboxylic acids is 2. The third kappa shape index (κ3) is 4.20. The first-order valence-corrected chi connectivity index (χ1v) is 10.3. The van der Waals surface area contributed by atoms with Crippen LogP contribution in [-0.4, -0.2) is 51.4 Å². The standard InChI is InChI=1S/C23H23N3O5/c27-15-14-26-21(28)18-11-5-4-10-17(18)19(24-26)23(30)31-20(16-8-2-1-3-9-16)22(29)25-12-6-7-13-25/h1-5,8-11,20,27H,6-7,12-15H2/t20-/m1/s1. The molecule has 160 valence electrons. The Morgan fingerprint density at radius 1 is 1.00 bits per heavy atom. The van der Waals surface area contributed by atoms with Crippen LogP contribution in [0, 0.1) is 0 Å². The van der Waals surface area contributed by atoms with Gasteiger partial charge < -0.3 is 14.7 Å². The van der Waals surface area contributed by atoms with Gasteiger partial charge >= 0.3 is 5.97 Å². The fraction of sp³-hybridized carbons (Fsp3) is 0.304. The Balaban J connectivity index is 1.73. The second-order valence-corrected chi connectivity index (χ2v) is 7.37. The predicted molar refractivity (Wildman–Crippen MR) is 114 cm³/mol. The molecule has 4 rings (SSSR count). The molecule has 1 aromatic heterocycles. The highest BCUT2D eigenvalue weighted by Gasteiger charge is 2.32. The minimum absolute atomic E-state index is 0.0568. The van der Waals surface area contributed by atoms with Crippen molar-refractivity contribution in [1.82, 2.24) is 14.7 Å². The maximum atomic E-state index is 13.2. The topological polar surface area (TPSA) is 102 Å². The molecule has 1 aliphatic heterocycles. The van der Waals surface area contributed by atoms with Crippen LogP contribution in [0.1, 0.15) is 35.0 Å². The molecule has 1 N–H and O–H groups in total. The molecule has 0 spiro atoms. The van der Waals surface area contributed by atoms with Crippen LogP contribution in [0.2, 0.25) is 0 Å². The van der Waals surface area contributed by atoms with Crippen molar-refractivity contribution < 1.29 is 19.4 Å². The van der Waals surface area contributed by atoms with E-state index >= 15 is 0 Å². The van der Waals surface area contributed by atoms with Crippen molar-refractivity contribution in [3.8, 4) is 0 Å². The summed E-state index contributed by atoms with van der Waals surface area (Å²) in [6.07, 6.45) is 0.726. The van der Waals surface area contributed by atoms with E-state index < -0.39 is 17.6 Å². The number of aliphatic hydroxyl groups excluding tert-OH is 1. The number of nitrogens with zero attached hydrogens (tertiary/aromatic N) is 3. The van der Waals surface area contributed by atoms with E-state index in [0.29, 0.717) is 29.4 Å². The number of carbonyl (C=O) groups is 2. The van der Waals surface area contributed by atoms with Gasteiger partial charge in [-0.3, -0.25) is 9.59 Å². The monoisotopic (exact) mass is 421 g/mol. The zero-order valence-electron chi connectivity index (χ0n) is 16.9. The molecule has 1 saturated heterocycles. The van der Waals surface area contributed by atoms with Crippen LogP contribution in [0.25, 0.3) is 10.8 Å². The maximum absolute atomic E-state index is 13.2. The summed E-state index contributed by atoms with van der Waals surface area (Å²) in [6, 6.07) is 15.5. The van der Waals surface area contributed by atoms with Gasteiger partial charge in [-0.25, -0.2) is 9.48 Å². The number of amides is 1. The number of ether oxygens (including phenoxy) is 1. The van der Waals surface area contributed by atoms with E-state index in [0.717, 1.165) is 17.5 Å². The van der Waals surface area contributed by atoms with Crippen molar-refractivity contribution in [1.29, 1.82) is 0 Å². The van der Waals surface area contributed by atoms with E-state index in [1.54, 1.807) is 53.4 Å². The molecular weight excluding hydrogens is 398 g/mol. The number of aliphatic hydroxyl groups is 1. The second-order valence-electron chi connectivity index (χ2n) is 7.37. The molecule has 0 unspecified atom stereocenters. The summed E-state index contributed by atoms with van der Waals surface area (Å²) in [5.41, 5.74) is 0.0912. The normalized spacial score (nSPS) is 14.5. The van der Waals surface area contributed by atoms with E-state index in [1.807, 2.05) is 6.07 Å². The van der Waals surface area contributed by atoms with Gasteiger partial charge in [0.25, 0.3) is 11.5 Å². The van der Waals surface area contributed by atoms with Crippen molar-refractivity contribution in [3.05, 3.63) is 76.2 Å². The van der Waals surface area contributed by atoms with Crippen LogP contribution in [0.3, 0.4) is 0 Å². The predicted octanol–water partition coefficient (Wildman–Crippen LogP) is 1.91. The Morgan fingerprint density at radius 2 is 1.65 bits per heavy atom. The number of rotatable bonds is 6. The SMILES string of the molecule is O=C(O[C@@H](C(=O)N1CCCC1)c1ccccc1)c1nn(CCO)c(=O)c2ccccc12. The molecular formula is C23H23N3O5. The molecule has 8 nitrogen and oxygen atoms in total. The Hall–Kier alpha value is -3.52. The van der Waals surface area contributed by atoms with Crippen molar-refractivity contribution in [2.75, 3.05) is 19.7 Å². The van der Waals surface area contributed by atoms with Crippen LogP contribution in [0.15, 0.2) is 59.4 Å². The Kier molecular flexibility index (Phi) is 6.08. The second kappa shape index (κ2) is 9.09. The Labute approximate surface area is 178 Å². The zero-order chi connectivity index (χ0) is 21.8. The first-order valence-electron chi connectivity index (χ1n) is 10.3. The van der Waals surface area contributed by atoms with Crippen LogP contribution in [0.5, 0.6) is 0 Å². The largest absolute Gasteiger partial charge is 0.442 e. The van der Waals surface area contributed by atoms with E-state index in [1.165, 1.54) is 0 Å². The van der Waals surface area contributed by atoms with Gasteiger partial charge in [0.2, 0.25) is 6.10 Å². The van der Waals surface area contributed by atoms with Crippen molar-refractivity contribution >= 4 is 22.6 Å². The molecule has 0 saturated carbocycles. The summed E-state index contributed by atoms with van der Waals surface area (Å²) in [6.45, 7) is 0.892. The van der Waals surface area contributed by atoms with Gasteiger partial charge in [-0.1, -0.05) is 48.5 Å². The number of aromatic nitrogens is 2. The van der Waals surface area contributed by atoms with Gasteiger partial charge in [0.15, 0.2) is 5.69 Å². The minimum atomic E-state index is -1.11. The lowest BCUT2D eigenvalue weighted by Gasteiger charge is -2.23. The van der Waals surface area contributed by atoms with Crippen LogP contribution in [0.4, 0.5) is 0 Å². The van der Waals surface area contributed by atoms with Crippen LogP contribution < -0.4 is 5.56 Å². The minimum Gasteiger partial charge on any atom is -0.442 e. The first-order chi connectivity index (χ1) is 15.1. The zero-order valence-corrected chi connectivity index (χ0v) is 16.9. The number of hydrogen-bond acceptors (Lipinski definition) is 6. The quantitative estimate of drug-likeness (QED) is 0.610. The van der Waals surface area contributed by atoms with Gasteiger partial charge in [0, 0.05) is 24.0 Å². The lowest BCUT2D eigenvalue weighted by atomic mass is 10.1. The highest BCUT2D eigenvalue weighted by atomic mass is 16.5. The number of esters is 1. The number of fused-ring (bicyclic) bond motifs is 1. The maximum Gasteiger partial charge on any atom is 0.360 e. The summed E-state index contributed by atoms with van der Waals surface area (Å²) in [4.78, 5) is 40.6. The molecule has 2 heterocycles. The average molecular weight is 421 g/mol. The molecule has 1 aliphatic rings. The van der Waals surface area contributed by atoms with Gasteiger partial charge in [0.1, 0.15) is 0 Å². The van der Waals surface area contributed by atoms with Gasteiger partial charge in [-0.15, -0.1) is 0 Å². The van der Waals surface area contributed by atoms with Crippen LogP contribution >= 0.6 is 0 Å². The molecule has 1 amide bonds. The summed E-state index contributed by atoms with van der Waals surface area (Å²) >= 11 is 0. The van der Waals surface area contributed by atoms with E-state index in [2.05, 4.69) is 5.10 Å². The molecule has 31 heavy (non-hydrogen) atoms. The molecule has 1 fully saturated rings. The van der Waals surface area contributed by atoms with Gasteiger partial charge in [-0.2, -0.15) is 5.10 Å². The molecule has 2 aromatic carbocycles. The third-order valence-corrected chi connectivity index (χ3v) is 5.34. The van der Waals surface area contributed by atoms with Crippen molar-refractivity contribution in [2.24, 2.45) is 0 Å². The van der Waals surface area contributed by atoms with Crippen molar-refractivity contribution in [3.63, 3.8) is 0 Å². The Morgan fingerprint density at radius 3 is 2.32 bits per heavy atom.